The van der Waals surface area contributed by atoms with E-state index in [1.54, 1.807) is 11.8 Å². The Morgan fingerprint density at radius 3 is 2.35 bits per heavy atom. The van der Waals surface area contributed by atoms with E-state index in [1.807, 2.05) is 0 Å². The summed E-state index contributed by atoms with van der Waals surface area (Å²) in [6, 6.07) is 2.14. The number of primary amides is 1. The summed E-state index contributed by atoms with van der Waals surface area (Å²) in [7, 11) is 0. The number of hydrogen-bond acceptors (Lipinski definition) is 3. The zero-order chi connectivity index (χ0) is 12.7. The number of hydrogen-bond donors (Lipinski definition) is 1. The van der Waals surface area contributed by atoms with Crippen LogP contribution in [0.4, 0.5) is 0 Å². The largest absolute Gasteiger partial charge is 0.369 e. The second-order valence-electron chi connectivity index (χ2n) is 5.45. The minimum absolute atomic E-state index is 0.115. The number of nitrogens with two attached hydrogens (primary N) is 1. The van der Waals surface area contributed by atoms with Crippen molar-refractivity contribution in [3.63, 3.8) is 0 Å². The van der Waals surface area contributed by atoms with E-state index >= 15 is 0 Å². The van der Waals surface area contributed by atoms with Gasteiger partial charge in [-0.05, 0) is 32.6 Å². The lowest BCUT2D eigenvalue weighted by Crippen LogP contribution is -2.47. The van der Waals surface area contributed by atoms with Crippen LogP contribution in [0.25, 0.3) is 0 Å². The summed E-state index contributed by atoms with van der Waals surface area (Å²) in [5, 5.41) is 9.12. The third-order valence-electron chi connectivity index (χ3n) is 4.19. The molecule has 5 heteroatoms. The van der Waals surface area contributed by atoms with Crippen LogP contribution in [0, 0.1) is 22.2 Å². The highest BCUT2D eigenvalue weighted by atomic mass is 16.2. The molecule has 0 aromatic carbocycles. The second kappa shape index (κ2) is 3.73. The van der Waals surface area contributed by atoms with Gasteiger partial charge in [0.1, 0.15) is 5.41 Å². The molecule has 1 saturated carbocycles. The van der Waals surface area contributed by atoms with Crippen molar-refractivity contribution >= 4 is 11.8 Å². The Hall–Kier alpha value is -1.57. The summed E-state index contributed by atoms with van der Waals surface area (Å²) in [5.41, 5.74) is 3.90. The number of amides is 2. The molecule has 2 amide bonds. The van der Waals surface area contributed by atoms with Crippen LogP contribution in [0.5, 0.6) is 0 Å². The van der Waals surface area contributed by atoms with Gasteiger partial charge in [-0.2, -0.15) is 5.26 Å². The summed E-state index contributed by atoms with van der Waals surface area (Å²) in [5.74, 6) is -0.483. The van der Waals surface area contributed by atoms with Gasteiger partial charge < -0.3 is 10.6 Å². The Labute approximate surface area is 101 Å². The molecule has 92 valence electrons. The van der Waals surface area contributed by atoms with Crippen LogP contribution in [0.1, 0.15) is 32.6 Å². The monoisotopic (exact) mass is 235 g/mol. The van der Waals surface area contributed by atoms with Crippen molar-refractivity contribution in [1.82, 2.24) is 4.90 Å². The number of carbonyl (C=O) groups excluding carboxylic acids is 2. The standard InChI is InChI=1S/C12H17N3O2/c1-11(9(14)16)5-6-15(8-11)10(17)12(7-13)3-2-4-12/h2-6,8H2,1H3,(H2,14,16). The lowest BCUT2D eigenvalue weighted by molar-refractivity contribution is -0.142. The number of likely N-dealkylation sites (tertiary alicyclic amines) is 1. The first kappa shape index (κ1) is 11.9. The molecule has 2 rings (SSSR count). The maximum Gasteiger partial charge on any atom is 0.243 e. The third kappa shape index (κ3) is 1.68. The van der Waals surface area contributed by atoms with Crippen molar-refractivity contribution in [3.8, 4) is 6.07 Å². The fraction of sp³-hybridized carbons (Fsp3) is 0.750. The summed E-state index contributed by atoms with van der Waals surface area (Å²) >= 11 is 0. The van der Waals surface area contributed by atoms with Crippen LogP contribution in [-0.4, -0.2) is 29.8 Å². The fourth-order valence-corrected chi connectivity index (χ4v) is 2.54. The van der Waals surface area contributed by atoms with Gasteiger partial charge in [0.05, 0.1) is 11.5 Å². The number of nitrogens with zero attached hydrogens (tertiary/aromatic N) is 2. The van der Waals surface area contributed by atoms with Crippen LogP contribution in [-0.2, 0) is 9.59 Å². The summed E-state index contributed by atoms with van der Waals surface area (Å²) in [6.45, 7) is 2.66. The van der Waals surface area contributed by atoms with Crippen molar-refractivity contribution in [1.29, 1.82) is 5.26 Å². The van der Waals surface area contributed by atoms with Gasteiger partial charge in [-0.3, -0.25) is 9.59 Å². The molecule has 0 bridgehead atoms. The average molecular weight is 235 g/mol. The van der Waals surface area contributed by atoms with E-state index in [4.69, 9.17) is 11.0 Å². The molecule has 0 aromatic heterocycles. The smallest absolute Gasteiger partial charge is 0.243 e. The summed E-state index contributed by atoms with van der Waals surface area (Å²) in [6.07, 6.45) is 2.81. The molecule has 1 saturated heterocycles. The van der Waals surface area contributed by atoms with Crippen molar-refractivity contribution in [2.75, 3.05) is 13.1 Å². The minimum atomic E-state index is -0.817. The highest BCUT2D eigenvalue weighted by Gasteiger charge is 2.50. The molecule has 17 heavy (non-hydrogen) atoms. The van der Waals surface area contributed by atoms with Crippen LogP contribution in [0.2, 0.25) is 0 Å². The van der Waals surface area contributed by atoms with Gasteiger partial charge in [-0.15, -0.1) is 0 Å². The van der Waals surface area contributed by atoms with Crippen LogP contribution < -0.4 is 5.73 Å². The van der Waals surface area contributed by atoms with Crippen molar-refractivity contribution in [2.45, 2.75) is 32.6 Å². The quantitative estimate of drug-likeness (QED) is 0.751. The molecule has 1 aliphatic heterocycles. The Bertz CT molecular complexity index is 408. The second-order valence-corrected chi connectivity index (χ2v) is 5.45. The first-order valence-electron chi connectivity index (χ1n) is 5.94. The molecule has 0 spiro atoms. The van der Waals surface area contributed by atoms with Crippen LogP contribution in [0.3, 0.4) is 0 Å². The molecular formula is C12H17N3O2. The van der Waals surface area contributed by atoms with Crippen molar-refractivity contribution in [2.24, 2.45) is 16.6 Å². The number of rotatable bonds is 2. The van der Waals surface area contributed by atoms with E-state index in [0.717, 1.165) is 6.42 Å². The van der Waals surface area contributed by atoms with Gasteiger partial charge in [-0.25, -0.2) is 0 Å². The van der Waals surface area contributed by atoms with Gasteiger partial charge >= 0.3 is 0 Å². The molecule has 1 heterocycles. The van der Waals surface area contributed by atoms with Gasteiger partial charge in [0.15, 0.2) is 0 Å². The summed E-state index contributed by atoms with van der Waals surface area (Å²) < 4.78 is 0. The molecule has 5 nitrogen and oxygen atoms in total. The highest BCUT2D eigenvalue weighted by molar-refractivity contribution is 5.88. The molecule has 0 radical (unpaired) electrons. The van der Waals surface area contributed by atoms with Gasteiger partial charge in [0.25, 0.3) is 0 Å². The van der Waals surface area contributed by atoms with Gasteiger partial charge in [-0.1, -0.05) is 0 Å². The first-order chi connectivity index (χ1) is 7.93. The summed E-state index contributed by atoms with van der Waals surface area (Å²) in [4.78, 5) is 25.2. The van der Waals surface area contributed by atoms with Crippen LogP contribution in [0.15, 0.2) is 0 Å². The Balaban J connectivity index is 2.09. The number of carbonyl (C=O) groups is 2. The zero-order valence-electron chi connectivity index (χ0n) is 10.0. The van der Waals surface area contributed by atoms with Crippen molar-refractivity contribution in [3.05, 3.63) is 0 Å². The minimum Gasteiger partial charge on any atom is -0.369 e. The maximum absolute atomic E-state index is 12.2. The Morgan fingerprint density at radius 1 is 1.35 bits per heavy atom. The van der Waals surface area contributed by atoms with Gasteiger partial charge in [0.2, 0.25) is 11.8 Å². The molecule has 0 aromatic rings. The normalized spacial score (nSPS) is 30.5. The lowest BCUT2D eigenvalue weighted by Gasteiger charge is -2.37. The molecule has 1 aliphatic carbocycles. The molecule has 1 atom stereocenters. The first-order valence-corrected chi connectivity index (χ1v) is 5.94. The lowest BCUT2D eigenvalue weighted by atomic mass is 9.69. The predicted molar refractivity (Wildman–Crippen MR) is 60.4 cm³/mol. The van der Waals surface area contributed by atoms with E-state index in [9.17, 15) is 9.59 Å². The van der Waals surface area contributed by atoms with Crippen molar-refractivity contribution < 1.29 is 9.59 Å². The molecule has 2 aliphatic rings. The molecular weight excluding hydrogens is 218 g/mol. The average Bonchev–Trinajstić information content (AvgIpc) is 2.61. The van der Waals surface area contributed by atoms with E-state index in [2.05, 4.69) is 6.07 Å². The Kier molecular flexibility index (Phi) is 2.61. The molecule has 2 N–H and O–H groups in total. The number of nitriles is 1. The van der Waals surface area contributed by atoms with Gasteiger partial charge in [0, 0.05) is 13.1 Å². The predicted octanol–water partition coefficient (Wildman–Crippen LogP) is 0.404. The maximum atomic E-state index is 12.2. The third-order valence-corrected chi connectivity index (χ3v) is 4.19. The van der Waals surface area contributed by atoms with E-state index in [-0.39, 0.29) is 11.8 Å². The zero-order valence-corrected chi connectivity index (χ0v) is 10.0. The SMILES string of the molecule is CC1(C(N)=O)CCN(C(=O)C2(C#N)CCC2)C1. The molecule has 1 unspecified atom stereocenters. The Morgan fingerprint density at radius 2 is 2.00 bits per heavy atom. The fourth-order valence-electron chi connectivity index (χ4n) is 2.54. The van der Waals surface area contributed by atoms with Crippen LogP contribution >= 0.6 is 0 Å². The van der Waals surface area contributed by atoms with E-state index in [1.165, 1.54) is 0 Å². The van der Waals surface area contributed by atoms with E-state index in [0.29, 0.717) is 32.4 Å². The topological polar surface area (TPSA) is 87.2 Å². The highest BCUT2D eigenvalue weighted by Crippen LogP contribution is 2.43. The molecule has 2 fully saturated rings. The van der Waals surface area contributed by atoms with E-state index < -0.39 is 10.8 Å².